The predicted molar refractivity (Wildman–Crippen MR) is 98.6 cm³/mol. The van der Waals surface area contributed by atoms with Crippen molar-refractivity contribution in [3.63, 3.8) is 0 Å². The molecule has 3 rings (SSSR count). The highest BCUT2D eigenvalue weighted by Crippen LogP contribution is 2.27. The summed E-state index contributed by atoms with van der Waals surface area (Å²) in [6.07, 6.45) is 1.17. The maximum absolute atomic E-state index is 12.9. The van der Waals surface area contributed by atoms with Gasteiger partial charge in [-0.2, -0.15) is 4.31 Å². The van der Waals surface area contributed by atoms with E-state index < -0.39 is 16.1 Å². The van der Waals surface area contributed by atoms with Gasteiger partial charge in [0.15, 0.2) is 0 Å². The molecule has 7 nitrogen and oxygen atoms in total. The summed E-state index contributed by atoms with van der Waals surface area (Å²) >= 11 is 1.51. The third kappa shape index (κ3) is 3.89. The van der Waals surface area contributed by atoms with Crippen molar-refractivity contribution >= 4 is 27.3 Å². The van der Waals surface area contributed by atoms with Crippen molar-refractivity contribution in [1.82, 2.24) is 14.6 Å². The number of thiazole rings is 1. The number of nitrogens with zero attached hydrogens (tertiary/aromatic N) is 2. The summed E-state index contributed by atoms with van der Waals surface area (Å²) in [5.74, 6) is 0.295. The van der Waals surface area contributed by atoms with Crippen LogP contribution in [0.5, 0.6) is 5.75 Å². The van der Waals surface area contributed by atoms with Gasteiger partial charge in [0.1, 0.15) is 11.8 Å². The normalized spacial score (nSPS) is 18.0. The highest BCUT2D eigenvalue weighted by molar-refractivity contribution is 7.89. The minimum atomic E-state index is -3.73. The molecule has 26 heavy (non-hydrogen) atoms. The lowest BCUT2D eigenvalue weighted by molar-refractivity contribution is -0.124. The van der Waals surface area contributed by atoms with Crippen LogP contribution < -0.4 is 10.1 Å². The van der Waals surface area contributed by atoms with Crippen LogP contribution in [0.1, 0.15) is 23.5 Å². The quantitative estimate of drug-likeness (QED) is 0.807. The molecular weight excluding hydrogens is 374 g/mol. The first kappa shape index (κ1) is 18.8. The Labute approximate surface area is 157 Å². The van der Waals surface area contributed by atoms with Crippen LogP contribution in [0.3, 0.4) is 0 Å². The van der Waals surface area contributed by atoms with Crippen LogP contribution >= 0.6 is 11.3 Å². The van der Waals surface area contributed by atoms with Crippen LogP contribution in [0.4, 0.5) is 0 Å². The van der Waals surface area contributed by atoms with Crippen LogP contribution in [0.2, 0.25) is 0 Å². The third-order valence-corrected chi connectivity index (χ3v) is 7.03. The molecule has 1 N–H and O–H groups in total. The number of ether oxygens (including phenoxy) is 1. The van der Waals surface area contributed by atoms with Crippen molar-refractivity contribution in [2.45, 2.75) is 37.2 Å². The van der Waals surface area contributed by atoms with Crippen LogP contribution in [0.25, 0.3) is 0 Å². The first-order valence-electron chi connectivity index (χ1n) is 8.26. The zero-order chi connectivity index (χ0) is 18.7. The van der Waals surface area contributed by atoms with E-state index in [1.165, 1.54) is 34.9 Å². The van der Waals surface area contributed by atoms with Gasteiger partial charge in [-0.15, -0.1) is 11.3 Å². The van der Waals surface area contributed by atoms with Gasteiger partial charge in [-0.3, -0.25) is 4.79 Å². The molecule has 1 saturated heterocycles. The Balaban J connectivity index is 1.72. The monoisotopic (exact) mass is 395 g/mol. The summed E-state index contributed by atoms with van der Waals surface area (Å²) in [4.78, 5) is 17.0. The van der Waals surface area contributed by atoms with Crippen molar-refractivity contribution in [3.05, 3.63) is 40.3 Å². The maximum atomic E-state index is 12.9. The smallest absolute Gasteiger partial charge is 0.243 e. The minimum absolute atomic E-state index is 0.160. The first-order valence-corrected chi connectivity index (χ1v) is 10.6. The summed E-state index contributed by atoms with van der Waals surface area (Å²) in [6, 6.07) is 5.51. The molecule has 0 aliphatic carbocycles. The average molecular weight is 396 g/mol. The number of rotatable bonds is 6. The third-order valence-electron chi connectivity index (χ3n) is 4.28. The van der Waals surface area contributed by atoms with E-state index >= 15 is 0 Å². The van der Waals surface area contributed by atoms with Gasteiger partial charge < -0.3 is 10.1 Å². The summed E-state index contributed by atoms with van der Waals surface area (Å²) in [5.41, 5.74) is 0.781. The molecule has 2 aromatic rings. The highest BCUT2D eigenvalue weighted by Gasteiger charge is 2.39. The summed E-state index contributed by atoms with van der Waals surface area (Å²) in [6.45, 7) is 2.54. The Bertz CT molecular complexity index is 878. The zero-order valence-corrected chi connectivity index (χ0v) is 16.3. The standard InChI is InChI=1S/C17H21N3O4S2/c1-12-19-13(11-25-12)10-18-17(21)16-4-3-9-20(16)26(22,23)15-7-5-14(24-2)6-8-15/h5-8,11,16H,3-4,9-10H2,1-2H3,(H,18,21). The Kier molecular flexibility index (Phi) is 5.59. The minimum Gasteiger partial charge on any atom is -0.497 e. The summed E-state index contributed by atoms with van der Waals surface area (Å²) in [5, 5.41) is 5.62. The number of aromatic nitrogens is 1. The number of amides is 1. The number of carbonyl (C=O) groups is 1. The molecule has 0 saturated carbocycles. The van der Waals surface area contributed by atoms with E-state index in [0.29, 0.717) is 31.7 Å². The second-order valence-electron chi connectivity index (χ2n) is 6.02. The lowest BCUT2D eigenvalue weighted by atomic mass is 10.2. The van der Waals surface area contributed by atoms with Crippen molar-refractivity contribution < 1.29 is 17.9 Å². The fourth-order valence-corrected chi connectivity index (χ4v) is 5.23. The number of carbonyl (C=O) groups excluding carboxylic acids is 1. The van der Waals surface area contributed by atoms with Crippen molar-refractivity contribution in [2.24, 2.45) is 0 Å². The van der Waals surface area contributed by atoms with Gasteiger partial charge in [0.25, 0.3) is 0 Å². The number of hydrogen-bond acceptors (Lipinski definition) is 6. The number of aryl methyl sites for hydroxylation is 1. The number of benzene rings is 1. The summed E-state index contributed by atoms with van der Waals surface area (Å²) < 4.78 is 32.2. The molecule has 9 heteroatoms. The lowest BCUT2D eigenvalue weighted by Gasteiger charge is -2.23. The summed E-state index contributed by atoms with van der Waals surface area (Å²) in [7, 11) is -2.21. The average Bonchev–Trinajstić information content (AvgIpc) is 3.29. The molecule has 1 atom stereocenters. The largest absolute Gasteiger partial charge is 0.497 e. The van der Waals surface area contributed by atoms with E-state index in [0.717, 1.165) is 10.7 Å². The fourth-order valence-electron chi connectivity index (χ4n) is 2.96. The first-order chi connectivity index (χ1) is 12.4. The van der Waals surface area contributed by atoms with Crippen molar-refractivity contribution in [1.29, 1.82) is 0 Å². The number of hydrogen-bond donors (Lipinski definition) is 1. The molecule has 1 amide bonds. The molecule has 0 bridgehead atoms. The van der Waals surface area contributed by atoms with E-state index in [1.807, 2.05) is 12.3 Å². The van der Waals surface area contributed by atoms with Gasteiger partial charge in [-0.1, -0.05) is 0 Å². The van der Waals surface area contributed by atoms with E-state index in [-0.39, 0.29) is 10.8 Å². The molecule has 1 aromatic carbocycles. The Morgan fingerprint density at radius 2 is 2.12 bits per heavy atom. The molecule has 0 spiro atoms. The van der Waals surface area contributed by atoms with Crippen LogP contribution in [-0.2, 0) is 21.4 Å². The van der Waals surface area contributed by atoms with E-state index in [2.05, 4.69) is 10.3 Å². The number of sulfonamides is 1. The Morgan fingerprint density at radius 3 is 2.73 bits per heavy atom. The molecule has 140 valence electrons. The molecule has 1 aliphatic rings. The molecule has 1 fully saturated rings. The topological polar surface area (TPSA) is 88.6 Å². The van der Waals surface area contributed by atoms with Crippen molar-refractivity contribution in [3.8, 4) is 5.75 Å². The van der Waals surface area contributed by atoms with Crippen molar-refractivity contribution in [2.75, 3.05) is 13.7 Å². The Hall–Kier alpha value is -1.97. The van der Waals surface area contributed by atoms with Gasteiger partial charge in [0.05, 0.1) is 29.3 Å². The second-order valence-corrected chi connectivity index (χ2v) is 8.98. The molecule has 1 unspecified atom stereocenters. The van der Waals surface area contributed by atoms with E-state index in [4.69, 9.17) is 4.74 Å². The van der Waals surface area contributed by atoms with Crippen LogP contribution in [-0.4, -0.2) is 43.3 Å². The molecule has 0 radical (unpaired) electrons. The molecular formula is C17H21N3O4S2. The lowest BCUT2D eigenvalue weighted by Crippen LogP contribution is -2.45. The van der Waals surface area contributed by atoms with E-state index in [9.17, 15) is 13.2 Å². The Morgan fingerprint density at radius 1 is 1.38 bits per heavy atom. The zero-order valence-electron chi connectivity index (χ0n) is 14.6. The van der Waals surface area contributed by atoms with Gasteiger partial charge in [0.2, 0.25) is 15.9 Å². The van der Waals surface area contributed by atoms with Gasteiger partial charge >= 0.3 is 0 Å². The van der Waals surface area contributed by atoms with Crippen LogP contribution in [0.15, 0.2) is 34.5 Å². The predicted octanol–water partition coefficient (Wildman–Crippen LogP) is 1.93. The van der Waals surface area contributed by atoms with Crippen LogP contribution in [0, 0.1) is 6.92 Å². The van der Waals surface area contributed by atoms with E-state index in [1.54, 1.807) is 12.1 Å². The van der Waals surface area contributed by atoms with Gasteiger partial charge in [0, 0.05) is 11.9 Å². The number of methoxy groups -OCH3 is 1. The maximum Gasteiger partial charge on any atom is 0.243 e. The fraction of sp³-hybridized carbons (Fsp3) is 0.412. The molecule has 1 aromatic heterocycles. The highest BCUT2D eigenvalue weighted by atomic mass is 32.2. The second kappa shape index (κ2) is 7.73. The number of nitrogens with one attached hydrogen (secondary N) is 1. The molecule has 1 aliphatic heterocycles. The van der Waals surface area contributed by atoms with Gasteiger partial charge in [-0.05, 0) is 44.0 Å². The molecule has 2 heterocycles. The van der Waals surface area contributed by atoms with Gasteiger partial charge in [-0.25, -0.2) is 13.4 Å². The SMILES string of the molecule is COc1ccc(S(=O)(=O)N2CCCC2C(=O)NCc2csc(C)n2)cc1.